The normalized spacial score (nSPS) is 11.8. The van der Waals surface area contributed by atoms with Gasteiger partial charge in [0.05, 0.1) is 17.6 Å². The van der Waals surface area contributed by atoms with E-state index in [9.17, 15) is 0 Å². The summed E-state index contributed by atoms with van der Waals surface area (Å²) in [5, 5.41) is 0. The maximum atomic E-state index is 5.95. The van der Waals surface area contributed by atoms with Crippen molar-refractivity contribution >= 4 is 11.0 Å². The molecule has 0 bridgehead atoms. The second-order valence-corrected chi connectivity index (χ2v) is 7.57. The van der Waals surface area contributed by atoms with Crippen molar-refractivity contribution in [2.75, 3.05) is 6.61 Å². The lowest BCUT2D eigenvalue weighted by atomic mass is 9.92. The van der Waals surface area contributed by atoms with Crippen molar-refractivity contribution in [1.82, 2.24) is 9.55 Å². The van der Waals surface area contributed by atoms with Gasteiger partial charge in [-0.25, -0.2) is 4.98 Å². The molecule has 3 rings (SSSR count). The van der Waals surface area contributed by atoms with Gasteiger partial charge in [0.25, 0.3) is 0 Å². The van der Waals surface area contributed by atoms with Crippen LogP contribution in [0.4, 0.5) is 0 Å². The third kappa shape index (κ3) is 3.97. The van der Waals surface area contributed by atoms with Gasteiger partial charge in [-0.3, -0.25) is 0 Å². The molecule has 3 aromatic rings. The second-order valence-electron chi connectivity index (χ2n) is 7.57. The maximum absolute atomic E-state index is 5.95. The van der Waals surface area contributed by atoms with Gasteiger partial charge in [0.15, 0.2) is 0 Å². The van der Waals surface area contributed by atoms with E-state index in [1.807, 2.05) is 18.2 Å². The molecule has 0 radical (unpaired) electrons. The van der Waals surface area contributed by atoms with Gasteiger partial charge in [-0.2, -0.15) is 0 Å². The molecule has 0 aliphatic rings. The lowest BCUT2D eigenvalue weighted by Crippen LogP contribution is -2.17. The first-order chi connectivity index (χ1) is 11.4. The van der Waals surface area contributed by atoms with E-state index in [1.165, 1.54) is 11.1 Å². The second kappa shape index (κ2) is 6.68. The van der Waals surface area contributed by atoms with E-state index in [0.717, 1.165) is 30.1 Å². The van der Waals surface area contributed by atoms with Gasteiger partial charge >= 0.3 is 0 Å². The third-order valence-electron chi connectivity index (χ3n) is 4.00. The molecule has 0 aliphatic heterocycles. The smallest absolute Gasteiger partial charge is 0.119 e. The first kappa shape index (κ1) is 16.6. The molecule has 0 amide bonds. The fraction of sp³-hybridized carbons (Fsp3) is 0.381. The summed E-state index contributed by atoms with van der Waals surface area (Å²) in [6, 6.07) is 16.5. The number of rotatable bonds is 5. The summed E-state index contributed by atoms with van der Waals surface area (Å²) in [4.78, 5) is 4.85. The Morgan fingerprint density at radius 2 is 1.83 bits per heavy atom. The number of hydrogen-bond donors (Lipinski definition) is 0. The van der Waals surface area contributed by atoms with Gasteiger partial charge < -0.3 is 9.30 Å². The number of aromatic nitrogens is 2. The van der Waals surface area contributed by atoms with Crippen LogP contribution in [-0.2, 0) is 13.0 Å². The standard InChI is InChI=1S/C21H26N2O/c1-16-8-7-9-17(14-16)24-13-12-23-19-11-6-5-10-18(19)22-20(23)15-21(2,3)4/h5-11,14H,12-13,15H2,1-4H3. The monoisotopic (exact) mass is 322 g/mol. The Bertz CT molecular complexity index is 827. The molecule has 0 N–H and O–H groups in total. The van der Waals surface area contributed by atoms with E-state index in [0.29, 0.717) is 6.61 Å². The molecule has 0 saturated carbocycles. The molecule has 0 unspecified atom stereocenters. The first-order valence-corrected chi connectivity index (χ1v) is 8.56. The van der Waals surface area contributed by atoms with Crippen molar-refractivity contribution in [3.63, 3.8) is 0 Å². The molecular formula is C21H26N2O. The van der Waals surface area contributed by atoms with Crippen molar-refractivity contribution < 1.29 is 4.74 Å². The minimum atomic E-state index is 0.205. The Kier molecular flexibility index (Phi) is 4.61. The quantitative estimate of drug-likeness (QED) is 0.660. The SMILES string of the molecule is Cc1cccc(OCCn2c(CC(C)(C)C)nc3ccccc32)c1. The van der Waals surface area contributed by atoms with Crippen molar-refractivity contribution in [3.05, 3.63) is 59.9 Å². The van der Waals surface area contributed by atoms with Crippen molar-refractivity contribution in [3.8, 4) is 5.75 Å². The molecule has 3 heteroatoms. The van der Waals surface area contributed by atoms with Crippen LogP contribution in [0.1, 0.15) is 32.2 Å². The summed E-state index contributed by atoms with van der Waals surface area (Å²) in [5.41, 5.74) is 3.67. The molecule has 0 atom stereocenters. The number of imidazole rings is 1. The van der Waals surface area contributed by atoms with Crippen LogP contribution in [0.2, 0.25) is 0 Å². The Labute approximate surface area is 144 Å². The summed E-state index contributed by atoms with van der Waals surface area (Å²) in [5.74, 6) is 2.06. The van der Waals surface area contributed by atoms with Gasteiger partial charge in [0, 0.05) is 6.42 Å². The van der Waals surface area contributed by atoms with Gasteiger partial charge in [0.2, 0.25) is 0 Å². The molecular weight excluding hydrogens is 296 g/mol. The highest BCUT2D eigenvalue weighted by molar-refractivity contribution is 5.75. The summed E-state index contributed by atoms with van der Waals surface area (Å²) >= 11 is 0. The minimum absolute atomic E-state index is 0.205. The average molecular weight is 322 g/mol. The Balaban J connectivity index is 1.80. The molecule has 3 nitrogen and oxygen atoms in total. The van der Waals surface area contributed by atoms with Crippen LogP contribution in [0.3, 0.4) is 0 Å². The number of aryl methyl sites for hydroxylation is 1. The van der Waals surface area contributed by atoms with Crippen LogP contribution < -0.4 is 4.74 Å². The molecule has 0 aliphatic carbocycles. The average Bonchev–Trinajstić information content (AvgIpc) is 2.83. The summed E-state index contributed by atoms with van der Waals surface area (Å²) in [6.45, 7) is 10.3. The molecule has 0 fully saturated rings. The highest BCUT2D eigenvalue weighted by Gasteiger charge is 2.18. The molecule has 0 saturated heterocycles. The highest BCUT2D eigenvalue weighted by Crippen LogP contribution is 2.24. The van der Waals surface area contributed by atoms with Crippen LogP contribution >= 0.6 is 0 Å². The van der Waals surface area contributed by atoms with E-state index in [-0.39, 0.29) is 5.41 Å². The van der Waals surface area contributed by atoms with Gasteiger partial charge in [-0.1, -0.05) is 45.0 Å². The molecule has 126 valence electrons. The predicted octanol–water partition coefficient (Wildman–Crippen LogP) is 5.01. The number of nitrogens with zero attached hydrogens (tertiary/aromatic N) is 2. The zero-order valence-corrected chi connectivity index (χ0v) is 15.0. The van der Waals surface area contributed by atoms with Crippen molar-refractivity contribution in [2.45, 2.75) is 40.7 Å². The van der Waals surface area contributed by atoms with Crippen LogP contribution in [0.5, 0.6) is 5.75 Å². The zero-order chi connectivity index (χ0) is 17.2. The van der Waals surface area contributed by atoms with Crippen LogP contribution in [0, 0.1) is 12.3 Å². The molecule has 24 heavy (non-hydrogen) atoms. The van der Waals surface area contributed by atoms with E-state index >= 15 is 0 Å². The molecule has 0 spiro atoms. The van der Waals surface area contributed by atoms with E-state index in [2.05, 4.69) is 62.6 Å². The molecule has 1 heterocycles. The molecule has 1 aromatic heterocycles. The third-order valence-corrected chi connectivity index (χ3v) is 4.00. The number of benzene rings is 2. The Morgan fingerprint density at radius 1 is 1.04 bits per heavy atom. The largest absolute Gasteiger partial charge is 0.492 e. The number of hydrogen-bond acceptors (Lipinski definition) is 2. The lowest BCUT2D eigenvalue weighted by molar-refractivity contribution is 0.294. The van der Waals surface area contributed by atoms with E-state index in [4.69, 9.17) is 9.72 Å². The van der Waals surface area contributed by atoms with Crippen LogP contribution in [0.15, 0.2) is 48.5 Å². The zero-order valence-electron chi connectivity index (χ0n) is 15.0. The number of ether oxygens (including phenoxy) is 1. The highest BCUT2D eigenvalue weighted by atomic mass is 16.5. The molecule has 2 aromatic carbocycles. The van der Waals surface area contributed by atoms with Gasteiger partial charge in [-0.15, -0.1) is 0 Å². The number of para-hydroxylation sites is 2. The van der Waals surface area contributed by atoms with Gasteiger partial charge in [-0.05, 0) is 42.2 Å². The van der Waals surface area contributed by atoms with Crippen LogP contribution in [0.25, 0.3) is 11.0 Å². The van der Waals surface area contributed by atoms with E-state index < -0.39 is 0 Å². The fourth-order valence-corrected chi connectivity index (χ4v) is 2.94. The van der Waals surface area contributed by atoms with Crippen molar-refractivity contribution in [2.24, 2.45) is 5.41 Å². The lowest BCUT2D eigenvalue weighted by Gasteiger charge is -2.19. The summed E-state index contributed by atoms with van der Waals surface area (Å²) in [7, 11) is 0. The first-order valence-electron chi connectivity index (χ1n) is 8.56. The van der Waals surface area contributed by atoms with Crippen LogP contribution in [-0.4, -0.2) is 16.2 Å². The summed E-state index contributed by atoms with van der Waals surface area (Å²) < 4.78 is 8.25. The van der Waals surface area contributed by atoms with E-state index in [1.54, 1.807) is 0 Å². The van der Waals surface area contributed by atoms with Crippen molar-refractivity contribution in [1.29, 1.82) is 0 Å². The fourth-order valence-electron chi connectivity index (χ4n) is 2.94. The number of fused-ring (bicyclic) bond motifs is 1. The topological polar surface area (TPSA) is 27.1 Å². The Morgan fingerprint density at radius 3 is 2.58 bits per heavy atom. The maximum Gasteiger partial charge on any atom is 0.119 e. The van der Waals surface area contributed by atoms with Gasteiger partial charge in [0.1, 0.15) is 18.2 Å². The summed E-state index contributed by atoms with van der Waals surface area (Å²) in [6.07, 6.45) is 0.951. The minimum Gasteiger partial charge on any atom is -0.492 e. The Hall–Kier alpha value is -2.29. The predicted molar refractivity (Wildman–Crippen MR) is 99.6 cm³/mol.